The number of unbranched alkanes of at least 4 members (excludes halogenated alkanes) is 1. The Balaban J connectivity index is 2.94. The lowest BCUT2D eigenvalue weighted by atomic mass is 9.77. The standard InChI is InChI=1S/C20H30N2O3/c1-5-22(6-2)15-9-8-14-20(16-21,19(23)25-7-3)17-10-12-18(24-4)13-11-17/h10-13H,5-9,14-15H2,1-4H3. The number of methoxy groups -OCH3 is 1. The Morgan fingerprint density at radius 1 is 1.16 bits per heavy atom. The van der Waals surface area contributed by atoms with Crippen LogP contribution in [0.1, 0.15) is 45.6 Å². The molecule has 1 unspecified atom stereocenters. The monoisotopic (exact) mass is 346 g/mol. The molecule has 0 fully saturated rings. The molecule has 0 radical (unpaired) electrons. The summed E-state index contributed by atoms with van der Waals surface area (Å²) in [4.78, 5) is 14.9. The zero-order valence-corrected chi connectivity index (χ0v) is 15.9. The molecular formula is C20H30N2O3. The maximum Gasteiger partial charge on any atom is 0.331 e. The number of hydrogen-bond acceptors (Lipinski definition) is 5. The summed E-state index contributed by atoms with van der Waals surface area (Å²) in [5, 5.41) is 9.86. The van der Waals surface area contributed by atoms with Crippen molar-refractivity contribution in [2.75, 3.05) is 33.4 Å². The minimum absolute atomic E-state index is 0.262. The van der Waals surface area contributed by atoms with Gasteiger partial charge in [0.05, 0.1) is 19.8 Å². The van der Waals surface area contributed by atoms with Crippen LogP contribution in [-0.2, 0) is 14.9 Å². The molecule has 0 heterocycles. The molecule has 0 N–H and O–H groups in total. The highest BCUT2D eigenvalue weighted by molar-refractivity contribution is 5.86. The highest BCUT2D eigenvalue weighted by Crippen LogP contribution is 2.32. The van der Waals surface area contributed by atoms with Gasteiger partial charge in [0.1, 0.15) is 5.75 Å². The fourth-order valence-electron chi connectivity index (χ4n) is 2.93. The number of ether oxygens (including phenoxy) is 2. The number of carbonyl (C=O) groups excluding carboxylic acids is 1. The van der Waals surface area contributed by atoms with Crippen LogP contribution in [0.4, 0.5) is 0 Å². The van der Waals surface area contributed by atoms with E-state index < -0.39 is 11.4 Å². The van der Waals surface area contributed by atoms with Crippen LogP contribution < -0.4 is 4.74 Å². The van der Waals surface area contributed by atoms with Gasteiger partial charge in [0.25, 0.3) is 0 Å². The van der Waals surface area contributed by atoms with Gasteiger partial charge in [0, 0.05) is 0 Å². The van der Waals surface area contributed by atoms with E-state index in [1.54, 1.807) is 38.3 Å². The number of nitrogens with zero attached hydrogens (tertiary/aromatic N) is 2. The van der Waals surface area contributed by atoms with E-state index in [9.17, 15) is 10.1 Å². The van der Waals surface area contributed by atoms with Crippen LogP contribution in [0.15, 0.2) is 24.3 Å². The summed E-state index contributed by atoms with van der Waals surface area (Å²) >= 11 is 0. The summed E-state index contributed by atoms with van der Waals surface area (Å²) in [5.41, 5.74) is -0.594. The molecule has 0 aliphatic carbocycles. The molecule has 0 aliphatic rings. The van der Waals surface area contributed by atoms with Gasteiger partial charge in [-0.15, -0.1) is 0 Å². The summed E-state index contributed by atoms with van der Waals surface area (Å²) in [7, 11) is 1.59. The van der Waals surface area contributed by atoms with E-state index in [1.807, 2.05) is 0 Å². The predicted molar refractivity (Wildman–Crippen MR) is 98.6 cm³/mol. The second-order valence-electron chi connectivity index (χ2n) is 5.95. The van der Waals surface area contributed by atoms with Gasteiger partial charge in [0.15, 0.2) is 5.41 Å². The highest BCUT2D eigenvalue weighted by Gasteiger charge is 2.41. The van der Waals surface area contributed by atoms with Gasteiger partial charge in [-0.1, -0.05) is 26.0 Å². The second kappa shape index (κ2) is 10.7. The van der Waals surface area contributed by atoms with Gasteiger partial charge in [-0.2, -0.15) is 5.26 Å². The zero-order valence-electron chi connectivity index (χ0n) is 15.9. The minimum atomic E-state index is -1.26. The lowest BCUT2D eigenvalue weighted by Gasteiger charge is -2.26. The van der Waals surface area contributed by atoms with Crippen LogP contribution in [0, 0.1) is 11.3 Å². The number of esters is 1. The first-order valence-electron chi connectivity index (χ1n) is 9.03. The molecule has 0 amide bonds. The van der Waals surface area contributed by atoms with E-state index in [-0.39, 0.29) is 6.61 Å². The summed E-state index contributed by atoms with van der Waals surface area (Å²) in [6.45, 7) is 9.29. The molecule has 0 saturated heterocycles. The van der Waals surface area contributed by atoms with E-state index in [1.165, 1.54) is 0 Å². The van der Waals surface area contributed by atoms with Crippen molar-refractivity contribution in [3.63, 3.8) is 0 Å². The Kier molecular flexibility index (Phi) is 9.01. The lowest BCUT2D eigenvalue weighted by Crippen LogP contribution is -2.36. The number of carbonyl (C=O) groups is 1. The average Bonchev–Trinajstić information content (AvgIpc) is 2.65. The first-order valence-corrected chi connectivity index (χ1v) is 9.03. The van der Waals surface area contributed by atoms with E-state index >= 15 is 0 Å². The van der Waals surface area contributed by atoms with Crippen LogP contribution in [0.2, 0.25) is 0 Å². The topological polar surface area (TPSA) is 62.6 Å². The summed E-state index contributed by atoms with van der Waals surface area (Å²) < 4.78 is 10.4. The largest absolute Gasteiger partial charge is 0.497 e. The number of benzene rings is 1. The van der Waals surface area contributed by atoms with Crippen molar-refractivity contribution >= 4 is 5.97 Å². The third-order valence-corrected chi connectivity index (χ3v) is 4.57. The Morgan fingerprint density at radius 2 is 1.80 bits per heavy atom. The molecule has 5 nitrogen and oxygen atoms in total. The lowest BCUT2D eigenvalue weighted by molar-refractivity contribution is -0.148. The van der Waals surface area contributed by atoms with Crippen LogP contribution in [0.3, 0.4) is 0 Å². The first-order chi connectivity index (χ1) is 12.1. The van der Waals surface area contributed by atoms with Crippen LogP contribution >= 0.6 is 0 Å². The third kappa shape index (κ3) is 5.47. The Labute approximate surface area is 151 Å². The van der Waals surface area contributed by atoms with Gasteiger partial charge >= 0.3 is 5.97 Å². The van der Waals surface area contributed by atoms with E-state index in [4.69, 9.17) is 9.47 Å². The smallest absolute Gasteiger partial charge is 0.331 e. The SMILES string of the molecule is CCOC(=O)C(C#N)(CCCCN(CC)CC)c1ccc(OC)cc1. The van der Waals surface area contributed by atoms with E-state index in [0.29, 0.717) is 17.7 Å². The van der Waals surface area contributed by atoms with Gasteiger partial charge in [0.2, 0.25) is 0 Å². The maximum atomic E-state index is 12.6. The number of nitriles is 1. The second-order valence-corrected chi connectivity index (χ2v) is 5.95. The maximum absolute atomic E-state index is 12.6. The molecule has 5 heteroatoms. The molecule has 25 heavy (non-hydrogen) atoms. The van der Waals surface area contributed by atoms with Crippen LogP contribution in [0.5, 0.6) is 5.75 Å². The van der Waals surface area contributed by atoms with Crippen LogP contribution in [0.25, 0.3) is 0 Å². The third-order valence-electron chi connectivity index (χ3n) is 4.57. The van der Waals surface area contributed by atoms with Crippen molar-refractivity contribution < 1.29 is 14.3 Å². The Morgan fingerprint density at radius 3 is 2.28 bits per heavy atom. The Hall–Kier alpha value is -2.06. The van der Waals surface area contributed by atoms with Crippen molar-refractivity contribution in [1.82, 2.24) is 4.90 Å². The number of rotatable bonds is 11. The molecular weight excluding hydrogens is 316 g/mol. The fraction of sp³-hybridized carbons (Fsp3) is 0.600. The molecule has 0 bridgehead atoms. The molecule has 1 aromatic carbocycles. The molecule has 0 saturated carbocycles. The summed E-state index contributed by atoms with van der Waals surface area (Å²) in [5.74, 6) is 0.228. The van der Waals surface area contributed by atoms with Crippen molar-refractivity contribution in [3.05, 3.63) is 29.8 Å². The molecule has 138 valence electrons. The molecule has 0 spiro atoms. The van der Waals surface area contributed by atoms with Gasteiger partial charge in [-0.05, 0) is 63.5 Å². The van der Waals surface area contributed by atoms with Crippen molar-refractivity contribution in [3.8, 4) is 11.8 Å². The minimum Gasteiger partial charge on any atom is -0.497 e. The van der Waals surface area contributed by atoms with Crippen molar-refractivity contribution in [2.45, 2.75) is 45.4 Å². The predicted octanol–water partition coefficient (Wildman–Crippen LogP) is 3.53. The Bertz CT molecular complexity index is 561. The molecule has 1 aromatic rings. The normalized spacial score (nSPS) is 13.1. The van der Waals surface area contributed by atoms with Crippen molar-refractivity contribution in [1.29, 1.82) is 5.26 Å². The summed E-state index contributed by atoms with van der Waals surface area (Å²) in [6, 6.07) is 9.35. The van der Waals surface area contributed by atoms with E-state index in [0.717, 1.165) is 32.5 Å². The number of hydrogen-bond donors (Lipinski definition) is 0. The first kappa shape index (κ1) is 21.0. The fourth-order valence-corrected chi connectivity index (χ4v) is 2.93. The highest BCUT2D eigenvalue weighted by atomic mass is 16.5. The molecule has 1 atom stereocenters. The van der Waals surface area contributed by atoms with E-state index in [2.05, 4.69) is 24.8 Å². The summed E-state index contributed by atoms with van der Waals surface area (Å²) in [6.07, 6.45) is 2.19. The van der Waals surface area contributed by atoms with Crippen molar-refractivity contribution in [2.24, 2.45) is 0 Å². The molecule has 1 rings (SSSR count). The van der Waals surface area contributed by atoms with Gasteiger partial charge in [-0.3, -0.25) is 0 Å². The van der Waals surface area contributed by atoms with Gasteiger partial charge < -0.3 is 14.4 Å². The average molecular weight is 346 g/mol. The van der Waals surface area contributed by atoms with Gasteiger partial charge in [-0.25, -0.2) is 4.79 Å². The van der Waals surface area contributed by atoms with Crippen LogP contribution in [-0.4, -0.2) is 44.2 Å². The zero-order chi connectivity index (χ0) is 18.7. The quantitative estimate of drug-likeness (QED) is 0.453. The molecule has 0 aliphatic heterocycles. The molecule has 0 aromatic heterocycles.